The molecule has 1 saturated heterocycles. The molecule has 104 valence electrons. The van der Waals surface area contributed by atoms with Crippen molar-refractivity contribution >= 4 is 17.8 Å². The van der Waals surface area contributed by atoms with Gasteiger partial charge in [0.25, 0.3) is 0 Å². The maximum atomic E-state index is 11.8. The summed E-state index contributed by atoms with van der Waals surface area (Å²) < 4.78 is 4.88. The van der Waals surface area contributed by atoms with Gasteiger partial charge in [0, 0.05) is 6.07 Å². The molecule has 1 aromatic heterocycles. The van der Waals surface area contributed by atoms with Crippen LogP contribution < -0.4 is 5.32 Å². The number of nitrogens with zero attached hydrogens (tertiary/aromatic N) is 2. The van der Waals surface area contributed by atoms with Gasteiger partial charge in [0.1, 0.15) is 6.04 Å². The highest BCUT2D eigenvalue weighted by atomic mass is 16.5. The molecule has 0 aromatic carbocycles. The Morgan fingerprint density at radius 2 is 2.37 bits per heavy atom. The fraction of sp³-hybridized carbons (Fsp3) is 0.583. The van der Waals surface area contributed by atoms with Crippen molar-refractivity contribution in [2.24, 2.45) is 5.92 Å². The first-order chi connectivity index (χ1) is 8.97. The van der Waals surface area contributed by atoms with Gasteiger partial charge in [-0.25, -0.2) is 0 Å². The molecule has 2 N–H and O–H groups in total. The van der Waals surface area contributed by atoms with Crippen molar-refractivity contribution < 1.29 is 19.2 Å². The van der Waals surface area contributed by atoms with Gasteiger partial charge in [-0.1, -0.05) is 12.1 Å². The molecule has 0 aliphatic carbocycles. The SMILES string of the molecule is Cc1cc(NC(=O)CN2CCC(C)C2C(=O)O)on1. The van der Waals surface area contributed by atoms with Crippen molar-refractivity contribution in [3.05, 3.63) is 11.8 Å². The molecule has 2 heterocycles. The van der Waals surface area contributed by atoms with Crippen LogP contribution >= 0.6 is 0 Å². The number of hydrogen-bond donors (Lipinski definition) is 2. The number of carbonyl (C=O) groups excluding carboxylic acids is 1. The number of aryl methyl sites for hydroxylation is 1. The average molecular weight is 267 g/mol. The van der Waals surface area contributed by atoms with Crippen molar-refractivity contribution in [1.29, 1.82) is 0 Å². The van der Waals surface area contributed by atoms with Crippen LogP contribution in [-0.2, 0) is 9.59 Å². The third kappa shape index (κ3) is 3.11. The summed E-state index contributed by atoms with van der Waals surface area (Å²) in [6.07, 6.45) is 0.783. The second-order valence-electron chi connectivity index (χ2n) is 4.90. The Hall–Kier alpha value is -1.89. The molecule has 0 spiro atoms. The number of nitrogens with one attached hydrogen (secondary N) is 1. The third-order valence-electron chi connectivity index (χ3n) is 3.29. The van der Waals surface area contributed by atoms with Crippen LogP contribution in [0.1, 0.15) is 19.0 Å². The molecule has 2 rings (SSSR count). The van der Waals surface area contributed by atoms with Gasteiger partial charge in [0.15, 0.2) is 0 Å². The predicted molar refractivity (Wildman–Crippen MR) is 66.6 cm³/mol. The van der Waals surface area contributed by atoms with Gasteiger partial charge in [-0.05, 0) is 25.8 Å². The maximum Gasteiger partial charge on any atom is 0.321 e. The number of aliphatic carboxylic acids is 1. The van der Waals surface area contributed by atoms with E-state index in [9.17, 15) is 9.59 Å². The number of amides is 1. The van der Waals surface area contributed by atoms with Crippen LogP contribution in [0.4, 0.5) is 5.88 Å². The molecule has 1 aliphatic heterocycles. The molecule has 2 atom stereocenters. The van der Waals surface area contributed by atoms with E-state index in [0.717, 1.165) is 6.42 Å². The normalized spacial score (nSPS) is 23.5. The Labute approximate surface area is 110 Å². The molecule has 1 amide bonds. The highest BCUT2D eigenvalue weighted by molar-refractivity contribution is 5.91. The van der Waals surface area contributed by atoms with Crippen molar-refractivity contribution in [1.82, 2.24) is 10.1 Å². The summed E-state index contributed by atoms with van der Waals surface area (Å²) in [4.78, 5) is 24.7. The summed E-state index contributed by atoms with van der Waals surface area (Å²) in [5, 5.41) is 15.4. The Morgan fingerprint density at radius 3 is 2.95 bits per heavy atom. The van der Waals surface area contributed by atoms with Gasteiger partial charge in [-0.2, -0.15) is 0 Å². The zero-order valence-electron chi connectivity index (χ0n) is 10.9. The summed E-state index contributed by atoms with van der Waals surface area (Å²) in [7, 11) is 0. The summed E-state index contributed by atoms with van der Waals surface area (Å²) in [5.74, 6) is -0.843. The number of likely N-dealkylation sites (tertiary alicyclic amines) is 1. The van der Waals surface area contributed by atoms with Gasteiger partial charge >= 0.3 is 5.97 Å². The van der Waals surface area contributed by atoms with Gasteiger partial charge in [-0.15, -0.1) is 0 Å². The van der Waals surface area contributed by atoms with E-state index in [1.165, 1.54) is 0 Å². The number of rotatable bonds is 4. The van der Waals surface area contributed by atoms with Crippen molar-refractivity contribution in [2.75, 3.05) is 18.4 Å². The predicted octanol–water partition coefficient (Wildman–Crippen LogP) is 0.717. The lowest BCUT2D eigenvalue weighted by Gasteiger charge is -2.21. The minimum Gasteiger partial charge on any atom is -0.480 e. The molecule has 7 heteroatoms. The van der Waals surface area contributed by atoms with Crippen LogP contribution in [0.25, 0.3) is 0 Å². The average Bonchev–Trinajstić information content (AvgIpc) is 2.85. The zero-order valence-corrected chi connectivity index (χ0v) is 10.9. The standard InChI is InChI=1S/C12H17N3O4/c1-7-3-4-15(11(7)12(17)18)6-9(16)13-10-5-8(2)14-19-10/h5,7,11H,3-4,6H2,1-2H3,(H,13,16)(H,17,18). The number of anilines is 1. The zero-order chi connectivity index (χ0) is 14.0. The highest BCUT2D eigenvalue weighted by Gasteiger charge is 2.37. The van der Waals surface area contributed by atoms with E-state index in [1.54, 1.807) is 17.9 Å². The van der Waals surface area contributed by atoms with Gasteiger partial charge in [0.2, 0.25) is 11.8 Å². The molecular weight excluding hydrogens is 250 g/mol. The van der Waals surface area contributed by atoms with E-state index in [2.05, 4.69) is 10.5 Å². The molecule has 19 heavy (non-hydrogen) atoms. The first-order valence-corrected chi connectivity index (χ1v) is 6.17. The number of carboxylic acids is 1. The van der Waals surface area contributed by atoms with Crippen LogP contribution in [0.2, 0.25) is 0 Å². The molecule has 0 bridgehead atoms. The monoisotopic (exact) mass is 267 g/mol. The topological polar surface area (TPSA) is 95.7 Å². The quantitative estimate of drug-likeness (QED) is 0.834. The second-order valence-corrected chi connectivity index (χ2v) is 4.90. The number of carbonyl (C=O) groups is 2. The summed E-state index contributed by atoms with van der Waals surface area (Å²) in [5.41, 5.74) is 0.675. The van der Waals surface area contributed by atoms with E-state index < -0.39 is 12.0 Å². The molecule has 1 aromatic rings. The molecule has 0 saturated carbocycles. The lowest BCUT2D eigenvalue weighted by atomic mass is 10.0. The van der Waals surface area contributed by atoms with Gasteiger partial charge < -0.3 is 9.63 Å². The van der Waals surface area contributed by atoms with Crippen LogP contribution in [-0.4, -0.2) is 46.2 Å². The molecule has 7 nitrogen and oxygen atoms in total. The molecule has 2 unspecified atom stereocenters. The first-order valence-electron chi connectivity index (χ1n) is 6.17. The minimum absolute atomic E-state index is 0.0427. The molecule has 1 aliphatic rings. The van der Waals surface area contributed by atoms with Crippen molar-refractivity contribution in [3.8, 4) is 0 Å². The first kappa shape index (κ1) is 13.5. The fourth-order valence-electron chi connectivity index (χ4n) is 2.39. The largest absolute Gasteiger partial charge is 0.480 e. The van der Waals surface area contributed by atoms with Crippen molar-refractivity contribution in [2.45, 2.75) is 26.3 Å². The molecule has 0 radical (unpaired) electrons. The van der Waals surface area contributed by atoms with Crippen LogP contribution in [0.3, 0.4) is 0 Å². The van der Waals surface area contributed by atoms with Crippen LogP contribution in [0, 0.1) is 12.8 Å². The third-order valence-corrected chi connectivity index (χ3v) is 3.29. The number of hydrogen-bond acceptors (Lipinski definition) is 5. The molecule has 1 fully saturated rings. The minimum atomic E-state index is -0.881. The Kier molecular flexibility index (Phi) is 3.84. The summed E-state index contributed by atoms with van der Waals surface area (Å²) >= 11 is 0. The lowest BCUT2D eigenvalue weighted by molar-refractivity contribution is -0.143. The van der Waals surface area contributed by atoms with Crippen molar-refractivity contribution in [3.63, 3.8) is 0 Å². The fourth-order valence-corrected chi connectivity index (χ4v) is 2.39. The van der Waals surface area contributed by atoms with E-state index >= 15 is 0 Å². The van der Waals surface area contributed by atoms with Crippen LogP contribution in [0.15, 0.2) is 10.6 Å². The Bertz CT molecular complexity index is 485. The lowest BCUT2D eigenvalue weighted by Crippen LogP contribution is -2.43. The highest BCUT2D eigenvalue weighted by Crippen LogP contribution is 2.23. The van der Waals surface area contributed by atoms with E-state index in [0.29, 0.717) is 12.2 Å². The van der Waals surface area contributed by atoms with E-state index in [4.69, 9.17) is 9.63 Å². The van der Waals surface area contributed by atoms with Gasteiger partial charge in [0.05, 0.1) is 12.2 Å². The maximum absolute atomic E-state index is 11.8. The summed E-state index contributed by atoms with van der Waals surface area (Å²) in [6, 6.07) is 1.02. The van der Waals surface area contributed by atoms with Gasteiger partial charge in [-0.3, -0.25) is 19.8 Å². The number of aromatic nitrogens is 1. The second kappa shape index (κ2) is 5.40. The van der Waals surface area contributed by atoms with Crippen LogP contribution in [0.5, 0.6) is 0 Å². The number of carboxylic acid groups (broad SMARTS) is 1. The summed E-state index contributed by atoms with van der Waals surface area (Å²) in [6.45, 7) is 4.29. The van der Waals surface area contributed by atoms with E-state index in [-0.39, 0.29) is 24.3 Å². The Balaban J connectivity index is 1.93. The smallest absolute Gasteiger partial charge is 0.321 e. The Morgan fingerprint density at radius 1 is 1.63 bits per heavy atom. The van der Waals surface area contributed by atoms with E-state index in [1.807, 2.05) is 6.92 Å². The molecular formula is C12H17N3O4.